The van der Waals surface area contributed by atoms with E-state index in [0.29, 0.717) is 11.8 Å². The largest absolute Gasteiger partial charge is 0.373 e. The van der Waals surface area contributed by atoms with Gasteiger partial charge in [-0.05, 0) is 37.1 Å². The molecule has 0 aromatic heterocycles. The Hall–Kier alpha value is -2.05. The molecule has 0 unspecified atom stereocenters. The first kappa shape index (κ1) is 21.2. The molecule has 0 aliphatic carbocycles. The Kier molecular flexibility index (Phi) is 5.14. The fourth-order valence-electron chi connectivity index (χ4n) is 5.55. The number of hydrogen-bond acceptors (Lipinski definition) is 2. The van der Waals surface area contributed by atoms with Crippen LogP contribution < -0.4 is 9.13 Å². The summed E-state index contributed by atoms with van der Waals surface area (Å²) in [6, 6.07) is 18.2. The third kappa shape index (κ3) is 3.50. The SMILES string of the molecule is CC1=C[C@@H]([C@@H]2C=C(C)N([Si](C)(C)C)c3ccccc32)c2ccccc2N1[Si](C)(C)C. The van der Waals surface area contributed by atoms with E-state index in [2.05, 4.69) is 123 Å². The van der Waals surface area contributed by atoms with Gasteiger partial charge in [-0.1, -0.05) is 87.8 Å². The second-order valence-corrected chi connectivity index (χ2v) is 20.4. The van der Waals surface area contributed by atoms with Crippen LogP contribution in [-0.2, 0) is 0 Å². The van der Waals surface area contributed by atoms with E-state index in [1.54, 1.807) is 0 Å². The fraction of sp³-hybridized carbons (Fsp3) is 0.385. The highest BCUT2D eigenvalue weighted by molar-refractivity contribution is 6.81. The average Bonchev–Trinajstić information content (AvgIpc) is 2.64. The Morgan fingerprint density at radius 1 is 0.567 bits per heavy atom. The monoisotopic (exact) mass is 432 g/mol. The van der Waals surface area contributed by atoms with Crippen molar-refractivity contribution in [3.05, 3.63) is 83.2 Å². The Morgan fingerprint density at radius 3 is 1.23 bits per heavy atom. The number of nitrogens with zero attached hydrogens (tertiary/aromatic N) is 2. The fourth-order valence-corrected chi connectivity index (χ4v) is 9.67. The molecule has 0 radical (unpaired) electrons. The molecule has 2 nitrogen and oxygen atoms in total. The number of para-hydroxylation sites is 2. The van der Waals surface area contributed by atoms with Gasteiger partial charge in [-0.25, -0.2) is 0 Å². The zero-order valence-corrected chi connectivity index (χ0v) is 21.8. The highest BCUT2D eigenvalue weighted by atomic mass is 28.3. The van der Waals surface area contributed by atoms with Gasteiger partial charge in [-0.2, -0.15) is 0 Å². The predicted molar refractivity (Wildman–Crippen MR) is 138 cm³/mol. The van der Waals surface area contributed by atoms with Crippen LogP contribution >= 0.6 is 0 Å². The lowest BCUT2D eigenvalue weighted by Gasteiger charge is -2.46. The Morgan fingerprint density at radius 2 is 0.900 bits per heavy atom. The summed E-state index contributed by atoms with van der Waals surface area (Å²) >= 11 is 0. The number of rotatable bonds is 3. The highest BCUT2D eigenvalue weighted by Gasteiger charge is 2.39. The van der Waals surface area contributed by atoms with Crippen molar-refractivity contribution in [3.8, 4) is 0 Å². The Balaban J connectivity index is 1.89. The third-order valence-corrected chi connectivity index (χ3v) is 10.2. The van der Waals surface area contributed by atoms with Crippen molar-refractivity contribution in [2.45, 2.75) is 65.0 Å². The molecule has 4 rings (SSSR count). The van der Waals surface area contributed by atoms with Crippen molar-refractivity contribution >= 4 is 27.8 Å². The molecule has 0 saturated heterocycles. The smallest absolute Gasteiger partial charge is 0.153 e. The Labute approximate surface area is 185 Å². The molecule has 2 atom stereocenters. The molecule has 0 spiro atoms. The maximum absolute atomic E-state index is 2.64. The van der Waals surface area contributed by atoms with Crippen LogP contribution in [0.2, 0.25) is 39.3 Å². The van der Waals surface area contributed by atoms with Crippen LogP contribution in [0.4, 0.5) is 11.4 Å². The maximum Gasteiger partial charge on any atom is 0.153 e. The van der Waals surface area contributed by atoms with Gasteiger partial charge in [0, 0.05) is 34.6 Å². The molecule has 2 heterocycles. The zero-order chi connectivity index (χ0) is 21.8. The summed E-state index contributed by atoms with van der Waals surface area (Å²) in [6.07, 6.45) is 5.08. The van der Waals surface area contributed by atoms with Gasteiger partial charge < -0.3 is 9.13 Å². The molecule has 2 aromatic rings. The van der Waals surface area contributed by atoms with Gasteiger partial charge in [0.15, 0.2) is 16.5 Å². The molecule has 0 amide bonds. The molecule has 30 heavy (non-hydrogen) atoms. The minimum Gasteiger partial charge on any atom is -0.373 e. The minimum atomic E-state index is -1.52. The lowest BCUT2D eigenvalue weighted by atomic mass is 9.77. The first-order valence-electron chi connectivity index (χ1n) is 11.2. The first-order valence-corrected chi connectivity index (χ1v) is 18.0. The molecular weight excluding hydrogens is 396 g/mol. The van der Waals surface area contributed by atoms with Gasteiger partial charge in [0.1, 0.15) is 0 Å². The lowest BCUT2D eigenvalue weighted by Crippen LogP contribution is -2.48. The Bertz CT molecular complexity index is 940. The van der Waals surface area contributed by atoms with E-state index in [1.165, 1.54) is 33.9 Å². The second kappa shape index (κ2) is 7.28. The summed E-state index contributed by atoms with van der Waals surface area (Å²) in [5.74, 6) is 0.738. The normalized spacial score (nSPS) is 21.6. The third-order valence-electron chi connectivity index (χ3n) is 6.35. The standard InChI is InChI=1S/C26H36N2Si2/c1-19-17-23(21-13-9-11-15-25(21)27(19)29(3,4)5)24-18-20(2)28(30(6,7)8)26-16-12-10-14-22(24)26/h9-18,23-24H,1-8H3/t23-,24-/m1/s1. The molecule has 0 fully saturated rings. The summed E-state index contributed by atoms with van der Waals surface area (Å²) in [6.45, 7) is 19.2. The molecule has 0 N–H and O–H groups in total. The van der Waals surface area contributed by atoms with E-state index in [0.717, 1.165) is 0 Å². The lowest BCUT2D eigenvalue weighted by molar-refractivity contribution is 0.705. The summed E-state index contributed by atoms with van der Waals surface area (Å²) in [5, 5.41) is 0. The molecule has 158 valence electrons. The first-order chi connectivity index (χ1) is 14.0. The molecule has 2 aliphatic heterocycles. The van der Waals surface area contributed by atoms with Crippen molar-refractivity contribution in [2.24, 2.45) is 0 Å². The molecule has 0 bridgehead atoms. The summed E-state index contributed by atoms with van der Waals surface area (Å²) in [4.78, 5) is 0. The van der Waals surface area contributed by atoms with Crippen molar-refractivity contribution < 1.29 is 0 Å². The van der Waals surface area contributed by atoms with Gasteiger partial charge in [-0.15, -0.1) is 0 Å². The van der Waals surface area contributed by atoms with Crippen molar-refractivity contribution in [2.75, 3.05) is 9.13 Å². The maximum atomic E-state index is 2.64. The average molecular weight is 433 g/mol. The van der Waals surface area contributed by atoms with E-state index in [9.17, 15) is 0 Å². The quantitative estimate of drug-likeness (QED) is 0.459. The van der Waals surface area contributed by atoms with Crippen LogP contribution in [0, 0.1) is 0 Å². The van der Waals surface area contributed by atoms with E-state index in [-0.39, 0.29) is 0 Å². The highest BCUT2D eigenvalue weighted by Crippen LogP contribution is 2.50. The van der Waals surface area contributed by atoms with Crippen LogP contribution in [0.15, 0.2) is 72.1 Å². The van der Waals surface area contributed by atoms with E-state index < -0.39 is 16.5 Å². The number of benzene rings is 2. The number of anilines is 2. The van der Waals surface area contributed by atoms with Crippen molar-refractivity contribution in [3.63, 3.8) is 0 Å². The van der Waals surface area contributed by atoms with Crippen LogP contribution in [0.25, 0.3) is 0 Å². The van der Waals surface area contributed by atoms with Crippen molar-refractivity contribution in [1.29, 1.82) is 0 Å². The zero-order valence-electron chi connectivity index (χ0n) is 19.8. The van der Waals surface area contributed by atoms with Crippen molar-refractivity contribution in [1.82, 2.24) is 0 Å². The minimum absolute atomic E-state index is 0.369. The second-order valence-electron chi connectivity index (χ2n) is 10.8. The van der Waals surface area contributed by atoms with Gasteiger partial charge in [0.05, 0.1) is 0 Å². The van der Waals surface area contributed by atoms with Gasteiger partial charge in [0.2, 0.25) is 0 Å². The molecule has 2 aliphatic rings. The molecule has 0 saturated carbocycles. The number of allylic oxidation sites excluding steroid dienone is 4. The van der Waals surface area contributed by atoms with Crippen LogP contribution in [0.5, 0.6) is 0 Å². The van der Waals surface area contributed by atoms with E-state index in [4.69, 9.17) is 0 Å². The molecule has 2 aromatic carbocycles. The summed E-state index contributed by atoms with van der Waals surface area (Å²) in [7, 11) is -3.05. The van der Waals surface area contributed by atoms with Gasteiger partial charge in [0.25, 0.3) is 0 Å². The predicted octanol–water partition coefficient (Wildman–Crippen LogP) is 7.67. The summed E-state index contributed by atoms with van der Waals surface area (Å²) in [5.41, 5.74) is 8.59. The van der Waals surface area contributed by atoms with Gasteiger partial charge in [-0.3, -0.25) is 0 Å². The topological polar surface area (TPSA) is 6.48 Å². The van der Waals surface area contributed by atoms with Gasteiger partial charge >= 0.3 is 0 Å². The number of fused-ring (bicyclic) bond motifs is 2. The molecular formula is C26H36N2Si2. The van der Waals surface area contributed by atoms with E-state index >= 15 is 0 Å². The summed E-state index contributed by atoms with van der Waals surface area (Å²) < 4.78 is 5.27. The number of hydrogen-bond donors (Lipinski definition) is 0. The van der Waals surface area contributed by atoms with Crippen LogP contribution in [0.3, 0.4) is 0 Å². The van der Waals surface area contributed by atoms with E-state index in [1.807, 2.05) is 0 Å². The molecule has 4 heteroatoms. The van der Waals surface area contributed by atoms with Crippen LogP contribution in [-0.4, -0.2) is 16.5 Å². The van der Waals surface area contributed by atoms with Crippen LogP contribution in [0.1, 0.15) is 36.8 Å².